The van der Waals surface area contributed by atoms with Gasteiger partial charge in [-0.2, -0.15) is 0 Å². The minimum Gasteiger partial charge on any atom is -0.456 e. The molecule has 0 spiro atoms. The molecule has 0 N–H and O–H groups in total. The molecule has 8 aromatic carbocycles. The number of benzene rings is 8. The molecule has 11 aromatic rings. The summed E-state index contributed by atoms with van der Waals surface area (Å²) in [6.45, 7) is 0. The fraction of sp³-hybridized carbons (Fsp3) is 0. The highest BCUT2D eigenvalue weighted by atomic mass is 32.1. The first-order valence-corrected chi connectivity index (χ1v) is 18.3. The Balaban J connectivity index is 1.21. The Morgan fingerprint density at radius 1 is 0.385 bits per heavy atom. The quantitative estimate of drug-likeness (QED) is 0.181. The Bertz CT molecular complexity index is 3130. The zero-order valence-corrected chi connectivity index (χ0v) is 28.7. The molecular formula is C48H29NO2S. The number of thiophene rings is 1. The Kier molecular flexibility index (Phi) is 6.42. The average molecular weight is 684 g/mol. The zero-order valence-electron chi connectivity index (χ0n) is 27.9. The SMILES string of the molecule is c1ccc(-c2ccc3c(c2)oc2c(-c4ccccc4)ccc(N(c4ccc5c(c4)sc4ccccc45)c4ccc5oc6ccccc6c5c4)c23)cc1. The molecular weight excluding hydrogens is 655 g/mol. The summed E-state index contributed by atoms with van der Waals surface area (Å²) in [7, 11) is 0. The number of rotatable bonds is 5. The molecule has 0 aliphatic rings. The van der Waals surface area contributed by atoms with Crippen molar-refractivity contribution in [3.63, 3.8) is 0 Å². The predicted molar refractivity (Wildman–Crippen MR) is 219 cm³/mol. The highest BCUT2D eigenvalue weighted by molar-refractivity contribution is 7.25. The van der Waals surface area contributed by atoms with Crippen LogP contribution in [-0.2, 0) is 0 Å². The largest absolute Gasteiger partial charge is 0.456 e. The molecule has 244 valence electrons. The van der Waals surface area contributed by atoms with Gasteiger partial charge in [0.25, 0.3) is 0 Å². The lowest BCUT2D eigenvalue weighted by molar-refractivity contribution is 0.669. The summed E-state index contributed by atoms with van der Waals surface area (Å²) in [5.41, 5.74) is 11.1. The van der Waals surface area contributed by atoms with Crippen LogP contribution in [0.25, 0.3) is 86.3 Å². The molecule has 0 saturated carbocycles. The monoisotopic (exact) mass is 683 g/mol. The van der Waals surface area contributed by atoms with Crippen LogP contribution in [-0.4, -0.2) is 0 Å². The molecule has 0 unspecified atom stereocenters. The van der Waals surface area contributed by atoms with Crippen molar-refractivity contribution < 1.29 is 8.83 Å². The van der Waals surface area contributed by atoms with Gasteiger partial charge in [-0.1, -0.05) is 109 Å². The van der Waals surface area contributed by atoms with Crippen molar-refractivity contribution in [2.24, 2.45) is 0 Å². The number of nitrogens with zero attached hydrogens (tertiary/aromatic N) is 1. The first-order chi connectivity index (χ1) is 25.8. The minimum atomic E-state index is 0.858. The van der Waals surface area contributed by atoms with E-state index in [9.17, 15) is 0 Å². The Morgan fingerprint density at radius 2 is 1.06 bits per heavy atom. The van der Waals surface area contributed by atoms with Crippen LogP contribution >= 0.6 is 11.3 Å². The molecule has 3 aromatic heterocycles. The standard InChI is InChI=1S/C48H29NO2S/c1-3-11-30(12-4-1)32-19-22-39-44(27-32)51-48-35(31-13-5-2-6-14-31)24-25-41(47(39)48)49(33-21-26-43-40(28-33)36-15-7-9-17-42(36)50-43)34-20-23-38-37-16-8-10-18-45(37)52-46(38)29-34/h1-29H. The lowest BCUT2D eigenvalue weighted by Gasteiger charge is -2.27. The molecule has 0 fully saturated rings. The van der Waals surface area contributed by atoms with Crippen LogP contribution in [0.1, 0.15) is 0 Å². The van der Waals surface area contributed by atoms with Crippen LogP contribution in [0.3, 0.4) is 0 Å². The molecule has 0 atom stereocenters. The third-order valence-electron chi connectivity index (χ3n) is 10.3. The van der Waals surface area contributed by atoms with Gasteiger partial charge >= 0.3 is 0 Å². The van der Waals surface area contributed by atoms with E-state index in [-0.39, 0.29) is 0 Å². The van der Waals surface area contributed by atoms with Crippen molar-refractivity contribution in [1.29, 1.82) is 0 Å². The van der Waals surface area contributed by atoms with Crippen molar-refractivity contribution in [2.45, 2.75) is 0 Å². The van der Waals surface area contributed by atoms with Gasteiger partial charge in [-0.15, -0.1) is 11.3 Å². The van der Waals surface area contributed by atoms with Crippen molar-refractivity contribution in [1.82, 2.24) is 0 Å². The Labute approximate surface area is 303 Å². The number of para-hydroxylation sites is 1. The van der Waals surface area contributed by atoms with Gasteiger partial charge in [0, 0.05) is 53.3 Å². The van der Waals surface area contributed by atoms with Crippen LogP contribution in [0.4, 0.5) is 17.1 Å². The van der Waals surface area contributed by atoms with E-state index in [0.29, 0.717) is 0 Å². The maximum atomic E-state index is 6.95. The fourth-order valence-corrected chi connectivity index (χ4v) is 8.98. The van der Waals surface area contributed by atoms with Crippen LogP contribution in [0.5, 0.6) is 0 Å². The molecule has 11 rings (SSSR count). The third kappa shape index (κ3) is 4.51. The maximum Gasteiger partial charge on any atom is 0.145 e. The van der Waals surface area contributed by atoms with Gasteiger partial charge in [0.1, 0.15) is 22.3 Å². The maximum absolute atomic E-state index is 6.95. The summed E-state index contributed by atoms with van der Waals surface area (Å²) >= 11 is 1.84. The van der Waals surface area contributed by atoms with Gasteiger partial charge in [-0.25, -0.2) is 0 Å². The lowest BCUT2D eigenvalue weighted by atomic mass is 9.98. The van der Waals surface area contributed by atoms with E-state index in [4.69, 9.17) is 8.83 Å². The second-order valence-corrected chi connectivity index (χ2v) is 14.4. The smallest absolute Gasteiger partial charge is 0.145 e. The number of fused-ring (bicyclic) bond motifs is 9. The first-order valence-electron chi connectivity index (χ1n) is 17.5. The summed E-state index contributed by atoms with van der Waals surface area (Å²) in [6, 6.07) is 62.5. The number of hydrogen-bond donors (Lipinski definition) is 0. The summed E-state index contributed by atoms with van der Waals surface area (Å²) < 4.78 is 15.8. The molecule has 0 radical (unpaired) electrons. The van der Waals surface area contributed by atoms with Crippen LogP contribution in [0.15, 0.2) is 185 Å². The predicted octanol–water partition coefficient (Wildman–Crippen LogP) is 14.7. The second-order valence-electron chi connectivity index (χ2n) is 13.3. The van der Waals surface area contributed by atoms with E-state index < -0.39 is 0 Å². The van der Waals surface area contributed by atoms with E-state index in [2.05, 4.69) is 169 Å². The fourth-order valence-electron chi connectivity index (χ4n) is 7.84. The molecule has 3 heterocycles. The van der Waals surface area contributed by atoms with Gasteiger partial charge in [0.2, 0.25) is 0 Å². The van der Waals surface area contributed by atoms with Gasteiger partial charge in [0.15, 0.2) is 0 Å². The molecule has 0 aliphatic carbocycles. The molecule has 0 saturated heterocycles. The van der Waals surface area contributed by atoms with Crippen molar-refractivity contribution >= 4 is 92.4 Å². The molecule has 4 heteroatoms. The summed E-state index contributed by atoms with van der Waals surface area (Å²) in [4.78, 5) is 2.39. The Hall–Kier alpha value is -6.62. The average Bonchev–Trinajstić information content (AvgIpc) is 3.89. The normalized spacial score (nSPS) is 11.8. The number of anilines is 3. The van der Waals surface area contributed by atoms with Crippen LogP contribution < -0.4 is 4.90 Å². The summed E-state index contributed by atoms with van der Waals surface area (Å²) in [6.07, 6.45) is 0. The van der Waals surface area contributed by atoms with Crippen LogP contribution in [0, 0.1) is 0 Å². The number of furan rings is 2. The third-order valence-corrected chi connectivity index (χ3v) is 11.4. The molecule has 3 nitrogen and oxygen atoms in total. The molecule has 0 bridgehead atoms. The van der Waals surface area contributed by atoms with Crippen LogP contribution in [0.2, 0.25) is 0 Å². The van der Waals surface area contributed by atoms with Crippen molar-refractivity contribution in [3.05, 3.63) is 176 Å². The molecule has 0 amide bonds. The second kappa shape index (κ2) is 11.5. The summed E-state index contributed by atoms with van der Waals surface area (Å²) in [5.74, 6) is 0. The molecule has 0 aliphatic heterocycles. The zero-order chi connectivity index (χ0) is 34.2. The van der Waals surface area contributed by atoms with E-state index in [0.717, 1.165) is 83.2 Å². The lowest BCUT2D eigenvalue weighted by Crippen LogP contribution is -2.10. The van der Waals surface area contributed by atoms with E-state index in [1.54, 1.807) is 0 Å². The number of hydrogen-bond acceptors (Lipinski definition) is 4. The van der Waals surface area contributed by atoms with Crippen molar-refractivity contribution in [2.75, 3.05) is 4.90 Å². The van der Waals surface area contributed by atoms with E-state index in [1.807, 2.05) is 23.5 Å². The van der Waals surface area contributed by atoms with Gasteiger partial charge in [-0.3, -0.25) is 0 Å². The summed E-state index contributed by atoms with van der Waals surface area (Å²) in [5, 5.41) is 6.90. The Morgan fingerprint density at radius 3 is 1.92 bits per heavy atom. The highest BCUT2D eigenvalue weighted by Crippen LogP contribution is 2.48. The highest BCUT2D eigenvalue weighted by Gasteiger charge is 2.24. The van der Waals surface area contributed by atoms with E-state index in [1.165, 1.54) is 20.2 Å². The van der Waals surface area contributed by atoms with Crippen molar-refractivity contribution in [3.8, 4) is 22.3 Å². The first kappa shape index (κ1) is 29.1. The van der Waals surface area contributed by atoms with E-state index >= 15 is 0 Å². The minimum absolute atomic E-state index is 0.858. The van der Waals surface area contributed by atoms with Gasteiger partial charge < -0.3 is 13.7 Å². The topological polar surface area (TPSA) is 29.5 Å². The van der Waals surface area contributed by atoms with Gasteiger partial charge in [-0.05, 0) is 83.4 Å². The molecule has 52 heavy (non-hydrogen) atoms. The van der Waals surface area contributed by atoms with Gasteiger partial charge in [0.05, 0.1) is 11.1 Å².